The molecule has 5 aromatic carbocycles. The van der Waals surface area contributed by atoms with Gasteiger partial charge in [-0.15, -0.1) is 0 Å². The van der Waals surface area contributed by atoms with Gasteiger partial charge in [0.1, 0.15) is 56.7 Å². The molecule has 5 heterocycles. The maximum absolute atomic E-state index is 13.0. The average molecular weight is 1760 g/mol. The van der Waals surface area contributed by atoms with Gasteiger partial charge in [0.2, 0.25) is 0 Å². The summed E-state index contributed by atoms with van der Waals surface area (Å²) in [4.78, 5) is 92.5. The summed E-state index contributed by atoms with van der Waals surface area (Å²) in [6, 6.07) is 6.86. The Morgan fingerprint density at radius 1 is 0.345 bits per heavy atom. The topological polar surface area (TPSA) is 309 Å². The van der Waals surface area contributed by atoms with E-state index in [0.717, 1.165) is 104 Å². The molecule has 10 aromatic rings. The van der Waals surface area contributed by atoms with Crippen molar-refractivity contribution < 1.29 is 25.5 Å². The molecule has 618 valence electrons. The first kappa shape index (κ1) is 95.3. The number of phenols is 5. The van der Waals surface area contributed by atoms with Crippen molar-refractivity contribution in [3.05, 3.63) is 161 Å². The van der Waals surface area contributed by atoms with Crippen molar-refractivity contribution in [3.63, 3.8) is 0 Å². The number of aromatic hydroxyl groups is 5. The summed E-state index contributed by atoms with van der Waals surface area (Å²) < 4.78 is 7.96. The number of unbranched alkanes of at least 4 members (excludes halogenated alkanes) is 1. The summed E-state index contributed by atoms with van der Waals surface area (Å²) in [5, 5.41) is 59.6. The summed E-state index contributed by atoms with van der Waals surface area (Å²) in [5.41, 5.74) is -0.465. The lowest BCUT2D eigenvalue weighted by Gasteiger charge is -2.23. The van der Waals surface area contributed by atoms with E-state index in [2.05, 4.69) is 91.8 Å². The lowest BCUT2D eigenvalue weighted by molar-refractivity contribution is 0.254. The molecule has 0 saturated heterocycles. The minimum Gasteiger partial charge on any atom is -0.504 e. The van der Waals surface area contributed by atoms with Crippen LogP contribution >= 0.6 is 116 Å². The molecule has 0 spiro atoms. The van der Waals surface area contributed by atoms with Gasteiger partial charge in [-0.3, -0.25) is 61.5 Å². The first-order chi connectivity index (χ1) is 53.8. The van der Waals surface area contributed by atoms with E-state index in [1.807, 2.05) is 41.7 Å². The molecule has 7 N–H and O–H groups in total. The van der Waals surface area contributed by atoms with Gasteiger partial charge < -0.3 is 36.2 Å². The van der Waals surface area contributed by atoms with E-state index in [9.17, 15) is 49.5 Å². The zero-order valence-corrected chi connectivity index (χ0v) is 73.5. The molecule has 0 aliphatic rings. The molecule has 35 heteroatoms. The van der Waals surface area contributed by atoms with Crippen LogP contribution in [0.15, 0.2) is 54.3 Å². The fourth-order valence-corrected chi connectivity index (χ4v) is 15.0. The molecule has 10 rings (SSSR count). The fourth-order valence-electron chi connectivity index (χ4n) is 12.4. The second-order valence-corrected chi connectivity index (χ2v) is 30.8. The van der Waals surface area contributed by atoms with Gasteiger partial charge in [-0.25, -0.2) is 24.9 Å². The lowest BCUT2D eigenvalue weighted by atomic mass is 10.2. The van der Waals surface area contributed by atoms with Crippen LogP contribution in [0.2, 0.25) is 50.2 Å². The molecular formula is C78H101Cl10N15O10. The summed E-state index contributed by atoms with van der Waals surface area (Å²) >= 11 is 60.4. The maximum Gasteiger partial charge on any atom is 0.263 e. The second-order valence-electron chi connectivity index (χ2n) is 26.7. The highest BCUT2D eigenvalue weighted by molar-refractivity contribution is 6.42. The fraction of sp³-hybridized carbons (Fsp3) is 0.487. The van der Waals surface area contributed by atoms with Crippen LogP contribution in [-0.2, 0) is 66.0 Å². The van der Waals surface area contributed by atoms with Crippen molar-refractivity contribution in [2.45, 2.75) is 193 Å². The minimum absolute atomic E-state index is 0.0852. The van der Waals surface area contributed by atoms with E-state index < -0.39 is 0 Å². The highest BCUT2D eigenvalue weighted by atomic mass is 35.5. The van der Waals surface area contributed by atoms with Crippen molar-refractivity contribution in [1.82, 2.24) is 73.1 Å². The zero-order valence-electron chi connectivity index (χ0n) is 65.9. The third-order valence-corrected chi connectivity index (χ3v) is 21.1. The summed E-state index contributed by atoms with van der Waals surface area (Å²) in [6.07, 6.45) is 8.39. The molecule has 0 unspecified atom stereocenters. The number of aromatic nitrogens is 10. The van der Waals surface area contributed by atoms with Crippen molar-refractivity contribution in [3.8, 4) is 28.7 Å². The van der Waals surface area contributed by atoms with Crippen LogP contribution in [0.25, 0.3) is 54.5 Å². The molecule has 0 aliphatic carbocycles. The van der Waals surface area contributed by atoms with Gasteiger partial charge in [0, 0.05) is 33.2 Å². The van der Waals surface area contributed by atoms with Crippen LogP contribution in [-0.4, -0.2) is 141 Å². The van der Waals surface area contributed by atoms with E-state index in [1.165, 1.54) is 34.9 Å². The summed E-state index contributed by atoms with van der Waals surface area (Å²) in [7, 11) is 3.62. The van der Waals surface area contributed by atoms with Gasteiger partial charge in [0.25, 0.3) is 27.8 Å². The molecule has 25 nitrogen and oxygen atoms in total. The highest BCUT2D eigenvalue weighted by Gasteiger charge is 2.25. The molecule has 0 radical (unpaired) electrons. The largest absolute Gasteiger partial charge is 0.504 e. The standard InChI is InChI=1S/C18H25Cl2N3O2.C16H21Cl2N3O2.2C15H19Cl2N3O2.C14H17Cl2N3O2/c1-4-7-22(8-5-2)11-14-21-16-15(18(25)23(14)9-6-3)12(19)10-13(20)17(16)24;1-4-7-21-12(9-20(5-2)6-3)19-14-13(16(21)23)10(17)8-11(18)15(14)22;1-4-5-6-19(2)8-11-18-13-12(15(22)20(11)3)9(16)7-10(17)14(13)21;1-3-5-18-8-11-19-13-12(15(22)20(11)6-4-2)9(16)7-10(17)14(13)21;1-3-5-19-10(7-17-4-2)18-12-11(14(19)21)8(15)6-9(16)13(12)20/h10,24H,4-9,11H2,1-3H3;8,22H,4-7,9H2,1-3H3;7,21H,4-6,8H2,1-3H3;7,18,21H,3-6,8H2,1-2H3;6,17,20H,3-5,7H2,1-2H3. The van der Waals surface area contributed by atoms with Gasteiger partial charge in [-0.05, 0) is 135 Å². The number of nitrogens with one attached hydrogen (secondary N) is 2. The molecule has 0 bridgehead atoms. The molecule has 0 atom stereocenters. The Bertz CT molecular complexity index is 5310. The first-order valence-electron chi connectivity index (χ1n) is 37.8. The Kier molecular flexibility index (Phi) is 38.2. The van der Waals surface area contributed by atoms with Crippen molar-refractivity contribution in [1.29, 1.82) is 0 Å². The zero-order chi connectivity index (χ0) is 84.0. The summed E-state index contributed by atoms with van der Waals surface area (Å²) in [6.45, 7) is 33.2. The summed E-state index contributed by atoms with van der Waals surface area (Å²) in [5.74, 6) is 1.91. The average Bonchev–Trinajstić information content (AvgIpc) is 0.761. The Hall–Kier alpha value is -6.50. The third kappa shape index (κ3) is 23.2. The molecule has 0 fully saturated rings. The van der Waals surface area contributed by atoms with E-state index >= 15 is 0 Å². The number of nitrogens with zero attached hydrogens (tertiary/aromatic N) is 13. The Labute approximate surface area is 706 Å². The molecule has 113 heavy (non-hydrogen) atoms. The van der Waals surface area contributed by atoms with Gasteiger partial charge in [-0.1, -0.05) is 199 Å². The molecule has 0 saturated carbocycles. The number of halogens is 10. The number of phenolic OH excluding ortho intramolecular Hbond substituents is 5. The maximum atomic E-state index is 13.0. The van der Waals surface area contributed by atoms with Crippen LogP contribution in [0.5, 0.6) is 28.7 Å². The monoisotopic (exact) mass is 1760 g/mol. The third-order valence-electron chi connectivity index (χ3n) is 18.1. The normalized spacial score (nSPS) is 11.5. The molecule has 5 aromatic heterocycles. The Morgan fingerprint density at radius 2 is 0.637 bits per heavy atom. The van der Waals surface area contributed by atoms with Crippen LogP contribution in [0, 0.1) is 0 Å². The van der Waals surface area contributed by atoms with Crippen LogP contribution in [0.1, 0.15) is 163 Å². The quantitative estimate of drug-likeness (QED) is 0.0206. The molecule has 0 amide bonds. The van der Waals surface area contributed by atoms with Crippen molar-refractivity contribution >= 4 is 171 Å². The van der Waals surface area contributed by atoms with Gasteiger partial charge in [-0.2, -0.15) is 0 Å². The van der Waals surface area contributed by atoms with Crippen molar-refractivity contribution in [2.24, 2.45) is 7.05 Å². The number of rotatable bonds is 30. The predicted octanol–water partition coefficient (Wildman–Crippen LogP) is 17.5. The Morgan fingerprint density at radius 3 is 0.929 bits per heavy atom. The van der Waals surface area contributed by atoms with Gasteiger partial charge >= 0.3 is 0 Å². The van der Waals surface area contributed by atoms with E-state index in [0.29, 0.717) is 88.0 Å². The van der Waals surface area contributed by atoms with Crippen molar-refractivity contribution in [2.75, 3.05) is 52.9 Å². The first-order valence-corrected chi connectivity index (χ1v) is 41.6. The Balaban J connectivity index is 0.000000220. The molecular weight excluding hydrogens is 1660 g/mol. The van der Waals surface area contributed by atoms with E-state index in [-0.39, 0.29) is 161 Å². The van der Waals surface area contributed by atoms with E-state index in [1.54, 1.807) is 25.3 Å². The van der Waals surface area contributed by atoms with E-state index in [4.69, 9.17) is 116 Å². The minimum atomic E-state index is -0.291. The van der Waals surface area contributed by atoms with Crippen LogP contribution in [0.3, 0.4) is 0 Å². The lowest BCUT2D eigenvalue weighted by Crippen LogP contribution is -2.32. The van der Waals surface area contributed by atoms with Crippen LogP contribution < -0.4 is 38.4 Å². The molecule has 0 aliphatic heterocycles. The van der Waals surface area contributed by atoms with Gasteiger partial charge in [0.15, 0.2) is 28.7 Å². The van der Waals surface area contributed by atoms with Gasteiger partial charge in [0.05, 0.1) is 110 Å². The number of hydrogen-bond donors (Lipinski definition) is 7. The number of fused-ring (bicyclic) bond motifs is 5. The number of benzene rings is 5. The predicted molar refractivity (Wildman–Crippen MR) is 464 cm³/mol. The second kappa shape index (κ2) is 45.3. The van der Waals surface area contributed by atoms with Crippen LogP contribution in [0.4, 0.5) is 0 Å². The smallest absolute Gasteiger partial charge is 0.263 e. The SMILES string of the molecule is CCCCN(C)Cc1nc2c(O)c(Cl)cc(Cl)c2c(=O)n1C.CCCN(CCC)Cc1nc2c(O)c(Cl)cc(Cl)c2c(=O)n1CCC.CCCNCc1nc2c(O)c(Cl)cc(Cl)c2c(=O)n1CCC.CCCn1c(CN(CC)CC)nc2c(O)c(Cl)cc(Cl)c2c1=O.CCCn1c(CNCC)nc2c(O)c(Cl)cc(Cl)c2c1=O. The highest BCUT2D eigenvalue weighted by Crippen LogP contribution is 2.40. The number of hydrogen-bond acceptors (Lipinski definition) is 20.